The van der Waals surface area contributed by atoms with E-state index >= 15 is 0 Å². The van der Waals surface area contributed by atoms with E-state index in [0.717, 1.165) is 29.5 Å². The van der Waals surface area contributed by atoms with E-state index in [2.05, 4.69) is 20.4 Å². The van der Waals surface area contributed by atoms with E-state index in [1.54, 1.807) is 0 Å². The summed E-state index contributed by atoms with van der Waals surface area (Å²) in [6, 6.07) is 16.1. The zero-order valence-corrected chi connectivity index (χ0v) is 19.5. The number of ether oxygens (including phenoxy) is 4. The molecule has 0 bridgehead atoms. The van der Waals surface area contributed by atoms with Gasteiger partial charge in [0.25, 0.3) is 0 Å². The first-order valence-corrected chi connectivity index (χ1v) is 11.7. The van der Waals surface area contributed by atoms with Crippen molar-refractivity contribution in [1.82, 2.24) is 0 Å². The van der Waals surface area contributed by atoms with Gasteiger partial charge in [-0.1, -0.05) is 69.0 Å². The van der Waals surface area contributed by atoms with E-state index in [1.807, 2.05) is 55.5 Å². The van der Waals surface area contributed by atoms with E-state index in [-0.39, 0.29) is 0 Å². The van der Waals surface area contributed by atoms with Gasteiger partial charge in [-0.15, -0.1) is 0 Å². The Bertz CT molecular complexity index is 925. The summed E-state index contributed by atoms with van der Waals surface area (Å²) in [5.41, 5.74) is 4.92. The number of aliphatic hydroxyl groups excluding tert-OH is 2. The minimum absolute atomic E-state index is 0.451. The summed E-state index contributed by atoms with van der Waals surface area (Å²) < 4.78 is 25.1. The monoisotopic (exact) mass is 454 g/mol. The fourth-order valence-electron chi connectivity index (χ4n) is 4.39. The normalized spacial score (nSPS) is 30.5. The van der Waals surface area contributed by atoms with Crippen LogP contribution in [0.15, 0.2) is 60.7 Å². The lowest BCUT2D eigenvalue weighted by Gasteiger charge is -2.50. The molecule has 0 amide bonds. The molecule has 2 saturated heterocycles. The third-order valence-corrected chi connectivity index (χ3v) is 6.43. The van der Waals surface area contributed by atoms with Gasteiger partial charge in [-0.2, -0.15) is 0 Å². The Balaban J connectivity index is 1.64. The lowest BCUT2D eigenvalue weighted by Crippen LogP contribution is -2.61. The highest BCUT2D eigenvalue weighted by atomic mass is 16.8. The molecule has 2 aromatic carbocycles. The Hall–Kier alpha value is -2.06. The van der Waals surface area contributed by atoms with E-state index in [4.69, 9.17) is 18.9 Å². The SMILES string of the molecule is C=C(C)C1OC(c2ccc(CC)cc2)OC2C(C(O)CO)OC(c3ccc(CC)cc3)OC12. The molecule has 0 spiro atoms. The maximum Gasteiger partial charge on any atom is 0.185 e. The predicted octanol–water partition coefficient (Wildman–Crippen LogP) is 4.01. The minimum atomic E-state index is -1.13. The highest BCUT2D eigenvalue weighted by molar-refractivity contribution is 5.26. The van der Waals surface area contributed by atoms with Gasteiger partial charge in [-0.05, 0) is 36.5 Å². The Morgan fingerprint density at radius 2 is 1.30 bits per heavy atom. The first-order chi connectivity index (χ1) is 15.9. The summed E-state index contributed by atoms with van der Waals surface area (Å²) in [7, 11) is 0. The maximum absolute atomic E-state index is 10.6. The molecule has 0 aromatic heterocycles. The molecule has 178 valence electrons. The summed E-state index contributed by atoms with van der Waals surface area (Å²) in [6.45, 7) is 9.77. The molecule has 0 saturated carbocycles. The van der Waals surface area contributed by atoms with Crippen molar-refractivity contribution in [2.24, 2.45) is 0 Å². The second-order valence-corrected chi connectivity index (χ2v) is 8.81. The van der Waals surface area contributed by atoms with Crippen molar-refractivity contribution in [3.8, 4) is 0 Å². The Morgan fingerprint density at radius 1 is 0.818 bits per heavy atom. The van der Waals surface area contributed by atoms with Gasteiger partial charge in [0, 0.05) is 11.1 Å². The molecule has 7 atom stereocenters. The molecule has 2 aliphatic rings. The van der Waals surface area contributed by atoms with Gasteiger partial charge in [0.2, 0.25) is 0 Å². The van der Waals surface area contributed by atoms with Gasteiger partial charge in [-0.25, -0.2) is 0 Å². The molecule has 0 radical (unpaired) electrons. The molecule has 33 heavy (non-hydrogen) atoms. The lowest BCUT2D eigenvalue weighted by molar-refractivity contribution is -0.386. The molecule has 7 unspecified atom stereocenters. The van der Waals surface area contributed by atoms with Crippen molar-refractivity contribution in [3.05, 3.63) is 82.9 Å². The van der Waals surface area contributed by atoms with Crippen molar-refractivity contribution in [3.63, 3.8) is 0 Å². The van der Waals surface area contributed by atoms with Gasteiger partial charge in [-0.3, -0.25) is 0 Å². The predicted molar refractivity (Wildman–Crippen MR) is 125 cm³/mol. The van der Waals surface area contributed by atoms with E-state index in [1.165, 1.54) is 11.1 Å². The van der Waals surface area contributed by atoms with Crippen molar-refractivity contribution in [2.75, 3.05) is 6.61 Å². The van der Waals surface area contributed by atoms with Crippen LogP contribution in [-0.4, -0.2) is 47.3 Å². The quantitative estimate of drug-likeness (QED) is 0.616. The average Bonchev–Trinajstić information content (AvgIpc) is 2.86. The van der Waals surface area contributed by atoms with Crippen LogP contribution in [0.1, 0.15) is 55.6 Å². The summed E-state index contributed by atoms with van der Waals surface area (Å²) in [6.07, 6.45) is -3.11. The largest absolute Gasteiger partial charge is 0.394 e. The van der Waals surface area contributed by atoms with Gasteiger partial charge in [0.05, 0.1) is 6.61 Å². The van der Waals surface area contributed by atoms with Crippen LogP contribution in [0.3, 0.4) is 0 Å². The summed E-state index contributed by atoms with van der Waals surface area (Å²) in [4.78, 5) is 0. The van der Waals surface area contributed by atoms with Gasteiger partial charge >= 0.3 is 0 Å². The summed E-state index contributed by atoms with van der Waals surface area (Å²) >= 11 is 0. The standard InChI is InChI=1S/C27H34O6/c1-5-17-7-11-19(12-8-17)26-30-22(16(3)4)24-25(33-26)23(21(29)15-28)31-27(32-24)20-13-9-18(6-2)10-14-20/h7-14,21-29H,3,5-6,15H2,1-2,4H3. The number of hydrogen-bond donors (Lipinski definition) is 2. The van der Waals surface area contributed by atoms with Crippen LogP contribution in [0, 0.1) is 0 Å². The third kappa shape index (κ3) is 5.06. The Kier molecular flexibility index (Phi) is 7.64. The van der Waals surface area contributed by atoms with E-state index in [0.29, 0.717) is 0 Å². The summed E-state index contributed by atoms with van der Waals surface area (Å²) in [5, 5.41) is 20.4. The van der Waals surface area contributed by atoms with Crippen molar-refractivity contribution in [2.45, 2.75) is 76.7 Å². The molecule has 2 heterocycles. The lowest BCUT2D eigenvalue weighted by atomic mass is 9.92. The zero-order valence-electron chi connectivity index (χ0n) is 19.5. The van der Waals surface area contributed by atoms with Crippen LogP contribution in [0.2, 0.25) is 0 Å². The molecule has 2 fully saturated rings. The zero-order chi connectivity index (χ0) is 23.5. The Morgan fingerprint density at radius 3 is 1.76 bits per heavy atom. The van der Waals surface area contributed by atoms with Crippen molar-refractivity contribution < 1.29 is 29.2 Å². The number of fused-ring (bicyclic) bond motifs is 1. The van der Waals surface area contributed by atoms with Gasteiger partial charge < -0.3 is 29.2 Å². The van der Waals surface area contributed by atoms with E-state index < -0.39 is 49.7 Å². The van der Waals surface area contributed by atoms with Gasteiger partial charge in [0.15, 0.2) is 12.6 Å². The first-order valence-electron chi connectivity index (χ1n) is 11.7. The third-order valence-electron chi connectivity index (χ3n) is 6.43. The summed E-state index contributed by atoms with van der Waals surface area (Å²) in [5.74, 6) is 0. The van der Waals surface area contributed by atoms with E-state index in [9.17, 15) is 10.2 Å². The second-order valence-electron chi connectivity index (χ2n) is 8.81. The van der Waals surface area contributed by atoms with Crippen molar-refractivity contribution in [1.29, 1.82) is 0 Å². The second kappa shape index (κ2) is 10.5. The topological polar surface area (TPSA) is 77.4 Å². The molecule has 6 nitrogen and oxygen atoms in total. The number of hydrogen-bond acceptors (Lipinski definition) is 6. The molecule has 2 aromatic rings. The maximum atomic E-state index is 10.6. The van der Waals surface area contributed by atoms with Crippen LogP contribution >= 0.6 is 0 Å². The molecule has 6 heteroatoms. The van der Waals surface area contributed by atoms with Crippen LogP contribution in [0.5, 0.6) is 0 Å². The van der Waals surface area contributed by atoms with Crippen LogP contribution in [0.25, 0.3) is 0 Å². The molecular formula is C27H34O6. The Labute approximate surface area is 195 Å². The molecular weight excluding hydrogens is 420 g/mol. The van der Waals surface area contributed by atoms with Crippen LogP contribution < -0.4 is 0 Å². The fraction of sp³-hybridized carbons (Fsp3) is 0.481. The molecule has 2 aliphatic heterocycles. The number of aryl methyl sites for hydroxylation is 2. The highest BCUT2D eigenvalue weighted by Crippen LogP contribution is 2.42. The number of rotatable bonds is 7. The molecule has 0 aliphatic carbocycles. The molecule has 2 N–H and O–H groups in total. The smallest absolute Gasteiger partial charge is 0.185 e. The number of aliphatic hydroxyl groups is 2. The van der Waals surface area contributed by atoms with Gasteiger partial charge in [0.1, 0.15) is 30.5 Å². The fourth-order valence-corrected chi connectivity index (χ4v) is 4.39. The van der Waals surface area contributed by atoms with Crippen molar-refractivity contribution >= 4 is 0 Å². The minimum Gasteiger partial charge on any atom is -0.394 e. The molecule has 4 rings (SSSR count). The average molecular weight is 455 g/mol. The first kappa shape index (κ1) is 24.1. The van der Waals surface area contributed by atoms with Crippen LogP contribution in [0.4, 0.5) is 0 Å². The van der Waals surface area contributed by atoms with Crippen LogP contribution in [-0.2, 0) is 31.8 Å². The highest BCUT2D eigenvalue weighted by Gasteiger charge is 2.52. The number of benzene rings is 2.